The second kappa shape index (κ2) is 5.41. The smallest absolute Gasteiger partial charge is 0.229 e. The second-order valence-electron chi connectivity index (χ2n) is 3.40. The molecule has 1 heterocycles. The summed E-state index contributed by atoms with van der Waals surface area (Å²) in [4.78, 5) is 4.14. The van der Waals surface area contributed by atoms with Crippen molar-refractivity contribution in [1.82, 2.24) is 4.98 Å². The van der Waals surface area contributed by atoms with Crippen LogP contribution in [0.2, 0.25) is 0 Å². The molecule has 18 heavy (non-hydrogen) atoms. The van der Waals surface area contributed by atoms with Crippen LogP contribution in [0, 0.1) is 5.82 Å². The lowest BCUT2D eigenvalue weighted by Gasteiger charge is -2.09. The number of nitrogens with zero attached hydrogens (tertiary/aromatic N) is 1. The van der Waals surface area contributed by atoms with Crippen molar-refractivity contribution in [2.24, 2.45) is 5.73 Å². The highest BCUT2D eigenvalue weighted by atomic mass is 79.9. The summed E-state index contributed by atoms with van der Waals surface area (Å²) >= 11 is 8.04. The molecular formula is C12H8BrFN2OS. The zero-order chi connectivity index (χ0) is 13.1. The third-order valence-electron chi connectivity index (χ3n) is 2.14. The Balaban J connectivity index is 2.37. The van der Waals surface area contributed by atoms with Crippen molar-refractivity contribution >= 4 is 33.1 Å². The van der Waals surface area contributed by atoms with E-state index in [0.717, 1.165) is 0 Å². The van der Waals surface area contributed by atoms with Crippen LogP contribution in [-0.4, -0.2) is 9.97 Å². The van der Waals surface area contributed by atoms with Gasteiger partial charge in [-0.3, -0.25) is 0 Å². The molecule has 0 unspecified atom stereocenters. The number of nitrogens with two attached hydrogens (primary N) is 1. The summed E-state index contributed by atoms with van der Waals surface area (Å²) in [6.07, 6.45) is 1.52. The molecule has 6 heteroatoms. The van der Waals surface area contributed by atoms with Gasteiger partial charge in [-0.2, -0.15) is 0 Å². The number of aromatic nitrogens is 1. The Morgan fingerprint density at radius 2 is 2.17 bits per heavy atom. The molecule has 2 aromatic rings. The van der Waals surface area contributed by atoms with Crippen molar-refractivity contribution < 1.29 is 9.13 Å². The first-order chi connectivity index (χ1) is 8.58. The molecule has 0 radical (unpaired) electrons. The van der Waals surface area contributed by atoms with Crippen LogP contribution in [0.15, 0.2) is 41.0 Å². The second-order valence-corrected chi connectivity index (χ2v) is 4.75. The van der Waals surface area contributed by atoms with Gasteiger partial charge in [0.25, 0.3) is 0 Å². The van der Waals surface area contributed by atoms with E-state index in [1.807, 2.05) is 0 Å². The molecule has 0 spiro atoms. The summed E-state index contributed by atoms with van der Waals surface area (Å²) in [6.45, 7) is 0. The van der Waals surface area contributed by atoms with Gasteiger partial charge in [0.2, 0.25) is 5.88 Å². The third kappa shape index (κ3) is 2.83. The highest BCUT2D eigenvalue weighted by molar-refractivity contribution is 9.10. The van der Waals surface area contributed by atoms with Gasteiger partial charge in [0, 0.05) is 10.7 Å². The van der Waals surface area contributed by atoms with Gasteiger partial charge in [0.05, 0.1) is 5.56 Å². The van der Waals surface area contributed by atoms with Gasteiger partial charge in [0.15, 0.2) is 11.6 Å². The van der Waals surface area contributed by atoms with Gasteiger partial charge >= 0.3 is 0 Å². The predicted octanol–water partition coefficient (Wildman–Crippen LogP) is 3.41. The molecule has 0 bridgehead atoms. The molecule has 0 aliphatic heterocycles. The molecule has 92 valence electrons. The molecule has 2 N–H and O–H groups in total. The lowest BCUT2D eigenvalue weighted by molar-refractivity contribution is 0.426. The molecule has 0 aliphatic rings. The first kappa shape index (κ1) is 12.9. The predicted molar refractivity (Wildman–Crippen MR) is 74.3 cm³/mol. The van der Waals surface area contributed by atoms with E-state index in [1.54, 1.807) is 18.2 Å². The summed E-state index contributed by atoms with van der Waals surface area (Å²) in [7, 11) is 0. The average molecular weight is 327 g/mol. The molecule has 1 aromatic heterocycles. The zero-order valence-corrected chi connectivity index (χ0v) is 11.5. The number of hydrogen-bond acceptors (Lipinski definition) is 3. The lowest BCUT2D eigenvalue weighted by Crippen LogP contribution is -2.11. The van der Waals surface area contributed by atoms with E-state index in [-0.39, 0.29) is 16.6 Å². The average Bonchev–Trinajstić information content (AvgIpc) is 2.33. The minimum atomic E-state index is -0.496. The van der Waals surface area contributed by atoms with E-state index in [9.17, 15) is 4.39 Å². The summed E-state index contributed by atoms with van der Waals surface area (Å²) in [5, 5.41) is 0. The number of halogens is 2. The van der Waals surface area contributed by atoms with Crippen LogP contribution in [-0.2, 0) is 0 Å². The standard InChI is InChI=1S/C12H8BrFN2OS/c13-7-3-4-10(9(14)6-7)17-12-8(11(15)18)2-1-5-16-12/h1-6H,(H2,15,18). The number of hydrogen-bond donors (Lipinski definition) is 1. The molecule has 0 amide bonds. The maximum absolute atomic E-state index is 13.6. The van der Waals surface area contributed by atoms with Crippen molar-refractivity contribution in [2.45, 2.75) is 0 Å². The molecule has 0 saturated carbocycles. The van der Waals surface area contributed by atoms with Crippen molar-refractivity contribution in [3.05, 3.63) is 52.4 Å². The van der Waals surface area contributed by atoms with Crippen LogP contribution in [0.5, 0.6) is 11.6 Å². The SMILES string of the molecule is NC(=S)c1cccnc1Oc1ccc(Br)cc1F. The Morgan fingerprint density at radius 3 is 2.83 bits per heavy atom. The number of ether oxygens (including phenoxy) is 1. The van der Waals surface area contributed by atoms with Crippen molar-refractivity contribution in [1.29, 1.82) is 0 Å². The molecule has 0 atom stereocenters. The summed E-state index contributed by atoms with van der Waals surface area (Å²) < 4.78 is 19.6. The molecule has 0 saturated heterocycles. The Kier molecular flexibility index (Phi) is 3.88. The number of benzene rings is 1. The topological polar surface area (TPSA) is 48.1 Å². The van der Waals surface area contributed by atoms with Crippen molar-refractivity contribution in [3.8, 4) is 11.6 Å². The van der Waals surface area contributed by atoms with E-state index in [1.165, 1.54) is 18.3 Å². The normalized spacial score (nSPS) is 10.1. The van der Waals surface area contributed by atoms with Crippen LogP contribution < -0.4 is 10.5 Å². The lowest BCUT2D eigenvalue weighted by atomic mass is 10.2. The zero-order valence-electron chi connectivity index (χ0n) is 9.06. The maximum Gasteiger partial charge on any atom is 0.229 e. The Labute approximate surface area is 117 Å². The summed E-state index contributed by atoms with van der Waals surface area (Å²) in [6, 6.07) is 7.82. The van der Waals surface area contributed by atoms with Crippen LogP contribution in [0.1, 0.15) is 5.56 Å². The molecule has 2 rings (SSSR count). The Morgan fingerprint density at radius 1 is 1.39 bits per heavy atom. The molecule has 1 aromatic carbocycles. The largest absolute Gasteiger partial charge is 0.435 e. The highest BCUT2D eigenvalue weighted by Gasteiger charge is 2.11. The van der Waals surface area contributed by atoms with Crippen LogP contribution in [0.4, 0.5) is 4.39 Å². The summed E-state index contributed by atoms with van der Waals surface area (Å²) in [5.41, 5.74) is 6.01. The molecule has 0 fully saturated rings. The number of thiocarbonyl (C=S) groups is 1. The van der Waals surface area contributed by atoms with Gasteiger partial charge in [-0.15, -0.1) is 0 Å². The Bertz CT molecular complexity index is 606. The van der Waals surface area contributed by atoms with E-state index in [4.69, 9.17) is 22.7 Å². The van der Waals surface area contributed by atoms with Crippen molar-refractivity contribution in [3.63, 3.8) is 0 Å². The molecule has 0 aliphatic carbocycles. The molecular weight excluding hydrogens is 319 g/mol. The van der Waals surface area contributed by atoms with Gasteiger partial charge in [0.1, 0.15) is 4.99 Å². The Hall–Kier alpha value is -1.53. The number of rotatable bonds is 3. The van der Waals surface area contributed by atoms with E-state index >= 15 is 0 Å². The number of pyridine rings is 1. The van der Waals surface area contributed by atoms with Gasteiger partial charge in [-0.25, -0.2) is 9.37 Å². The van der Waals surface area contributed by atoms with E-state index in [0.29, 0.717) is 10.0 Å². The minimum absolute atomic E-state index is 0.0643. The van der Waals surface area contributed by atoms with Gasteiger partial charge in [-0.1, -0.05) is 28.1 Å². The maximum atomic E-state index is 13.6. The van der Waals surface area contributed by atoms with Crippen LogP contribution in [0.3, 0.4) is 0 Å². The van der Waals surface area contributed by atoms with Crippen LogP contribution in [0.25, 0.3) is 0 Å². The van der Waals surface area contributed by atoms with E-state index < -0.39 is 5.82 Å². The first-order valence-corrected chi connectivity index (χ1v) is 6.16. The van der Waals surface area contributed by atoms with Gasteiger partial charge < -0.3 is 10.5 Å². The van der Waals surface area contributed by atoms with E-state index in [2.05, 4.69) is 20.9 Å². The molecule has 3 nitrogen and oxygen atoms in total. The van der Waals surface area contributed by atoms with Crippen LogP contribution >= 0.6 is 28.1 Å². The first-order valence-electron chi connectivity index (χ1n) is 4.95. The third-order valence-corrected chi connectivity index (χ3v) is 2.85. The highest BCUT2D eigenvalue weighted by Crippen LogP contribution is 2.27. The quantitative estimate of drug-likeness (QED) is 0.878. The monoisotopic (exact) mass is 326 g/mol. The fourth-order valence-corrected chi connectivity index (χ4v) is 1.81. The fourth-order valence-electron chi connectivity index (χ4n) is 1.32. The summed E-state index contributed by atoms with van der Waals surface area (Å²) in [5.74, 6) is -0.246. The van der Waals surface area contributed by atoms with Gasteiger partial charge in [-0.05, 0) is 30.3 Å². The minimum Gasteiger partial charge on any atom is -0.435 e. The fraction of sp³-hybridized carbons (Fsp3) is 0. The van der Waals surface area contributed by atoms with Crippen molar-refractivity contribution in [2.75, 3.05) is 0 Å².